The summed E-state index contributed by atoms with van der Waals surface area (Å²) in [5.41, 5.74) is 0.974. The number of carbonyl (C=O) groups excluding carboxylic acids is 2. The molecule has 0 aromatic heterocycles. The van der Waals surface area contributed by atoms with E-state index in [1.54, 1.807) is 23.6 Å². The zero-order valence-corrected chi connectivity index (χ0v) is 20.0. The summed E-state index contributed by atoms with van der Waals surface area (Å²) >= 11 is 11.0. The molecule has 0 aliphatic heterocycles. The van der Waals surface area contributed by atoms with Crippen LogP contribution in [0.15, 0.2) is 57.9 Å². The molecule has 0 fully saturated rings. The fourth-order valence-corrected chi connectivity index (χ4v) is 4.16. The average Bonchev–Trinajstić information content (AvgIpc) is 2.66. The molecule has 156 valence electrons. The van der Waals surface area contributed by atoms with E-state index in [1.165, 1.54) is 0 Å². The highest BCUT2D eigenvalue weighted by atomic mass is 79.9. The minimum absolute atomic E-state index is 0.0215. The SMILES string of the molecule is CC(C)NC(=O)[C@H](C)N(Cc1cccc(Br)c1)C(=O)CCSc1ccc(Cl)cc1. The van der Waals surface area contributed by atoms with Gasteiger partial charge < -0.3 is 10.2 Å². The van der Waals surface area contributed by atoms with Crippen molar-refractivity contribution in [3.8, 4) is 0 Å². The number of amides is 2. The number of benzene rings is 2. The lowest BCUT2D eigenvalue weighted by Crippen LogP contribution is -2.49. The van der Waals surface area contributed by atoms with Crippen LogP contribution in [0.2, 0.25) is 5.02 Å². The first-order chi connectivity index (χ1) is 13.8. The van der Waals surface area contributed by atoms with Crippen LogP contribution in [0.1, 0.15) is 32.8 Å². The third-order valence-corrected chi connectivity index (χ3v) is 6.00. The van der Waals surface area contributed by atoms with E-state index in [0.29, 0.717) is 23.7 Å². The van der Waals surface area contributed by atoms with Crippen molar-refractivity contribution in [1.29, 1.82) is 0 Å². The molecule has 0 unspecified atom stereocenters. The van der Waals surface area contributed by atoms with Crippen LogP contribution in [0.4, 0.5) is 0 Å². The van der Waals surface area contributed by atoms with Gasteiger partial charge in [-0.3, -0.25) is 9.59 Å². The van der Waals surface area contributed by atoms with E-state index in [-0.39, 0.29) is 17.9 Å². The van der Waals surface area contributed by atoms with Crippen LogP contribution >= 0.6 is 39.3 Å². The fourth-order valence-electron chi connectivity index (χ4n) is 2.75. The smallest absolute Gasteiger partial charge is 0.242 e. The van der Waals surface area contributed by atoms with Gasteiger partial charge >= 0.3 is 0 Å². The molecular formula is C22H26BrClN2O2S. The molecule has 0 aliphatic carbocycles. The molecule has 0 saturated heterocycles. The Balaban J connectivity index is 2.06. The number of carbonyl (C=O) groups is 2. The van der Waals surface area contributed by atoms with Gasteiger partial charge in [-0.15, -0.1) is 11.8 Å². The standard InChI is InChI=1S/C22H26BrClN2O2S/c1-15(2)25-22(28)16(3)26(14-17-5-4-6-18(23)13-17)21(27)11-12-29-20-9-7-19(24)8-10-20/h4-10,13,15-16H,11-12,14H2,1-3H3,(H,25,28)/t16-/m0/s1. The monoisotopic (exact) mass is 496 g/mol. The maximum atomic E-state index is 13.0. The van der Waals surface area contributed by atoms with E-state index in [4.69, 9.17) is 11.6 Å². The van der Waals surface area contributed by atoms with Gasteiger partial charge in [0.25, 0.3) is 0 Å². The average molecular weight is 498 g/mol. The van der Waals surface area contributed by atoms with E-state index in [2.05, 4.69) is 21.2 Å². The van der Waals surface area contributed by atoms with Crippen LogP contribution in [-0.2, 0) is 16.1 Å². The van der Waals surface area contributed by atoms with Crippen molar-refractivity contribution in [3.05, 3.63) is 63.6 Å². The molecule has 0 heterocycles. The maximum absolute atomic E-state index is 13.0. The molecule has 29 heavy (non-hydrogen) atoms. The molecule has 2 amide bonds. The Morgan fingerprint density at radius 1 is 1.14 bits per heavy atom. The lowest BCUT2D eigenvalue weighted by molar-refractivity contribution is -0.140. The van der Waals surface area contributed by atoms with Gasteiger partial charge in [0.1, 0.15) is 6.04 Å². The number of nitrogens with one attached hydrogen (secondary N) is 1. The third-order valence-electron chi connectivity index (χ3n) is 4.24. The van der Waals surface area contributed by atoms with E-state index in [9.17, 15) is 9.59 Å². The maximum Gasteiger partial charge on any atom is 0.242 e. The van der Waals surface area contributed by atoms with Crippen molar-refractivity contribution in [2.75, 3.05) is 5.75 Å². The number of thioether (sulfide) groups is 1. The van der Waals surface area contributed by atoms with Gasteiger partial charge in [-0.05, 0) is 62.7 Å². The molecule has 0 bridgehead atoms. The number of halogens is 2. The quantitative estimate of drug-likeness (QED) is 0.464. The molecule has 0 saturated carbocycles. The first-order valence-electron chi connectivity index (χ1n) is 9.49. The fraction of sp³-hybridized carbons (Fsp3) is 0.364. The largest absolute Gasteiger partial charge is 0.352 e. The Bertz CT molecular complexity index is 830. The second-order valence-corrected chi connectivity index (χ2v) is 9.56. The summed E-state index contributed by atoms with van der Waals surface area (Å²) in [6, 6.07) is 14.8. The summed E-state index contributed by atoms with van der Waals surface area (Å²) in [5, 5.41) is 3.59. The first-order valence-corrected chi connectivity index (χ1v) is 11.6. The number of hydrogen-bond acceptors (Lipinski definition) is 3. The minimum Gasteiger partial charge on any atom is -0.352 e. The molecular weight excluding hydrogens is 472 g/mol. The lowest BCUT2D eigenvalue weighted by Gasteiger charge is -2.29. The van der Waals surface area contributed by atoms with E-state index < -0.39 is 6.04 Å². The summed E-state index contributed by atoms with van der Waals surface area (Å²) in [4.78, 5) is 28.3. The van der Waals surface area contributed by atoms with Gasteiger partial charge in [-0.2, -0.15) is 0 Å². The van der Waals surface area contributed by atoms with Crippen molar-refractivity contribution in [2.45, 2.75) is 50.7 Å². The second kappa shape index (κ2) is 11.6. The predicted octanol–water partition coefficient (Wildman–Crippen LogP) is 5.53. The number of hydrogen-bond donors (Lipinski definition) is 1. The molecule has 4 nitrogen and oxygen atoms in total. The highest BCUT2D eigenvalue weighted by Gasteiger charge is 2.26. The lowest BCUT2D eigenvalue weighted by atomic mass is 10.1. The van der Waals surface area contributed by atoms with Crippen molar-refractivity contribution in [1.82, 2.24) is 10.2 Å². The minimum atomic E-state index is -0.551. The summed E-state index contributed by atoms with van der Waals surface area (Å²) in [6.45, 7) is 5.98. The Labute approximate surface area is 190 Å². The van der Waals surface area contributed by atoms with E-state index in [0.717, 1.165) is 14.9 Å². The van der Waals surface area contributed by atoms with Gasteiger partial charge in [0.2, 0.25) is 11.8 Å². The predicted molar refractivity (Wildman–Crippen MR) is 124 cm³/mol. The first kappa shape index (κ1) is 23.8. The molecule has 0 radical (unpaired) electrons. The van der Waals surface area contributed by atoms with Crippen LogP contribution in [0.5, 0.6) is 0 Å². The molecule has 7 heteroatoms. The van der Waals surface area contributed by atoms with Gasteiger partial charge in [0, 0.05) is 39.2 Å². The zero-order chi connectivity index (χ0) is 21.4. The van der Waals surface area contributed by atoms with Crippen LogP contribution < -0.4 is 5.32 Å². The van der Waals surface area contributed by atoms with Crippen molar-refractivity contribution >= 4 is 51.1 Å². The number of rotatable bonds is 9. The molecule has 2 aromatic carbocycles. The molecule has 1 N–H and O–H groups in total. The molecule has 0 spiro atoms. The van der Waals surface area contributed by atoms with E-state index in [1.807, 2.05) is 62.4 Å². The number of nitrogens with zero attached hydrogens (tertiary/aromatic N) is 1. The molecule has 0 aliphatic rings. The zero-order valence-electron chi connectivity index (χ0n) is 16.8. The second-order valence-electron chi connectivity index (χ2n) is 7.04. The van der Waals surface area contributed by atoms with Gasteiger partial charge in [0.15, 0.2) is 0 Å². The Hall–Kier alpha value is -1.50. The Morgan fingerprint density at radius 2 is 1.83 bits per heavy atom. The van der Waals surface area contributed by atoms with Crippen molar-refractivity contribution < 1.29 is 9.59 Å². The molecule has 2 aromatic rings. The van der Waals surface area contributed by atoms with Gasteiger partial charge in [-0.25, -0.2) is 0 Å². The topological polar surface area (TPSA) is 49.4 Å². The van der Waals surface area contributed by atoms with Crippen molar-refractivity contribution in [2.24, 2.45) is 0 Å². The Morgan fingerprint density at radius 3 is 2.45 bits per heavy atom. The van der Waals surface area contributed by atoms with Crippen LogP contribution in [0.25, 0.3) is 0 Å². The summed E-state index contributed by atoms with van der Waals surface area (Å²) in [7, 11) is 0. The van der Waals surface area contributed by atoms with Gasteiger partial charge in [-0.1, -0.05) is 39.7 Å². The van der Waals surface area contributed by atoms with Crippen LogP contribution in [-0.4, -0.2) is 34.6 Å². The summed E-state index contributed by atoms with van der Waals surface area (Å²) < 4.78 is 0.944. The van der Waals surface area contributed by atoms with Crippen molar-refractivity contribution in [3.63, 3.8) is 0 Å². The summed E-state index contributed by atoms with van der Waals surface area (Å²) in [5.74, 6) is 0.445. The van der Waals surface area contributed by atoms with Crippen LogP contribution in [0, 0.1) is 0 Å². The van der Waals surface area contributed by atoms with E-state index >= 15 is 0 Å². The molecule has 1 atom stereocenters. The molecule has 2 rings (SSSR count). The Kier molecular flexibility index (Phi) is 9.53. The normalized spacial score (nSPS) is 11.9. The summed E-state index contributed by atoms with van der Waals surface area (Å²) in [6.07, 6.45) is 0.348. The van der Waals surface area contributed by atoms with Crippen LogP contribution in [0.3, 0.4) is 0 Å². The highest BCUT2D eigenvalue weighted by Crippen LogP contribution is 2.22. The third kappa shape index (κ3) is 8.03. The van der Waals surface area contributed by atoms with Gasteiger partial charge in [0.05, 0.1) is 0 Å². The highest BCUT2D eigenvalue weighted by molar-refractivity contribution is 9.10.